The van der Waals surface area contributed by atoms with Crippen molar-refractivity contribution < 1.29 is 13.9 Å². The third kappa shape index (κ3) is 4.13. The topological polar surface area (TPSA) is 44.5 Å². The highest BCUT2D eigenvalue weighted by molar-refractivity contribution is 14.1. The Kier molecular flexibility index (Phi) is 5.27. The zero-order valence-electron chi connectivity index (χ0n) is 9.30. The summed E-state index contributed by atoms with van der Waals surface area (Å²) in [6.45, 7) is 4.71. The van der Waals surface area contributed by atoms with Gasteiger partial charge in [-0.25, -0.2) is 4.39 Å². The quantitative estimate of drug-likeness (QED) is 0.510. The summed E-state index contributed by atoms with van der Waals surface area (Å²) in [5.74, 6) is 0.0415. The third-order valence-corrected chi connectivity index (χ3v) is 2.67. The van der Waals surface area contributed by atoms with Crippen LogP contribution >= 0.6 is 22.6 Å². The Hall–Kier alpha value is -0.560. The molecule has 0 aromatic heterocycles. The Morgan fingerprint density at radius 1 is 1.38 bits per heavy atom. The second-order valence-electron chi connectivity index (χ2n) is 3.57. The summed E-state index contributed by atoms with van der Waals surface area (Å²) in [5.41, 5.74) is 6.14. The Morgan fingerprint density at radius 2 is 2.06 bits per heavy atom. The SMILES string of the molecule is CC(C)OCCOc1cc(F)c(I)cc1N. The number of hydrogen-bond donors (Lipinski definition) is 1. The number of hydrogen-bond acceptors (Lipinski definition) is 3. The lowest BCUT2D eigenvalue weighted by atomic mass is 10.3. The summed E-state index contributed by atoms with van der Waals surface area (Å²) >= 11 is 1.89. The van der Waals surface area contributed by atoms with E-state index in [1.165, 1.54) is 6.07 Å². The van der Waals surface area contributed by atoms with Crippen molar-refractivity contribution in [3.63, 3.8) is 0 Å². The summed E-state index contributed by atoms with van der Waals surface area (Å²) in [6, 6.07) is 2.85. The molecule has 0 aliphatic carbocycles. The first-order chi connectivity index (χ1) is 7.50. The molecule has 5 heteroatoms. The fourth-order valence-corrected chi connectivity index (χ4v) is 1.60. The second kappa shape index (κ2) is 6.24. The van der Waals surface area contributed by atoms with Crippen LogP contribution in [0, 0.1) is 9.39 Å². The van der Waals surface area contributed by atoms with Gasteiger partial charge in [-0.2, -0.15) is 0 Å². The monoisotopic (exact) mass is 339 g/mol. The molecule has 0 aliphatic heterocycles. The van der Waals surface area contributed by atoms with E-state index in [0.717, 1.165) is 0 Å². The van der Waals surface area contributed by atoms with Gasteiger partial charge in [0.1, 0.15) is 18.2 Å². The van der Waals surface area contributed by atoms with Crippen LogP contribution in [0.3, 0.4) is 0 Å². The minimum Gasteiger partial charge on any atom is -0.489 e. The van der Waals surface area contributed by atoms with E-state index in [1.807, 2.05) is 36.4 Å². The highest BCUT2D eigenvalue weighted by Gasteiger charge is 2.06. The number of rotatable bonds is 5. The van der Waals surface area contributed by atoms with E-state index in [4.69, 9.17) is 15.2 Å². The van der Waals surface area contributed by atoms with Crippen LogP contribution in [0.25, 0.3) is 0 Å². The van der Waals surface area contributed by atoms with Crippen molar-refractivity contribution in [3.05, 3.63) is 21.5 Å². The lowest BCUT2D eigenvalue weighted by Gasteiger charge is -2.11. The van der Waals surface area contributed by atoms with Crippen molar-refractivity contribution in [3.8, 4) is 5.75 Å². The van der Waals surface area contributed by atoms with Gasteiger partial charge in [0.2, 0.25) is 0 Å². The third-order valence-electron chi connectivity index (χ3n) is 1.84. The Bertz CT molecular complexity index is 358. The summed E-state index contributed by atoms with van der Waals surface area (Å²) < 4.78 is 24.3. The minimum atomic E-state index is -0.324. The van der Waals surface area contributed by atoms with Gasteiger partial charge in [0.25, 0.3) is 0 Å². The van der Waals surface area contributed by atoms with Crippen molar-refractivity contribution >= 4 is 28.3 Å². The van der Waals surface area contributed by atoms with Crippen molar-refractivity contribution in [2.24, 2.45) is 0 Å². The molecule has 0 bridgehead atoms. The van der Waals surface area contributed by atoms with Crippen molar-refractivity contribution in [1.82, 2.24) is 0 Å². The molecule has 3 nitrogen and oxygen atoms in total. The van der Waals surface area contributed by atoms with Crippen LogP contribution in [0.4, 0.5) is 10.1 Å². The van der Waals surface area contributed by atoms with E-state index in [1.54, 1.807) is 6.07 Å². The minimum absolute atomic E-state index is 0.161. The molecule has 1 rings (SSSR count). The Balaban J connectivity index is 2.51. The average molecular weight is 339 g/mol. The molecule has 0 heterocycles. The number of nitrogen functional groups attached to an aromatic ring is 1. The maximum Gasteiger partial charge on any atom is 0.145 e. The van der Waals surface area contributed by atoms with Crippen LogP contribution in [0.5, 0.6) is 5.75 Å². The van der Waals surface area contributed by atoms with Gasteiger partial charge < -0.3 is 15.2 Å². The molecule has 2 N–H and O–H groups in total. The van der Waals surface area contributed by atoms with Crippen LogP contribution in [0.15, 0.2) is 12.1 Å². The molecule has 0 unspecified atom stereocenters. The summed E-state index contributed by atoms with van der Waals surface area (Å²) in [6.07, 6.45) is 0.161. The summed E-state index contributed by atoms with van der Waals surface area (Å²) in [4.78, 5) is 0. The molecule has 0 aliphatic rings. The van der Waals surface area contributed by atoms with Crippen molar-refractivity contribution in [2.45, 2.75) is 20.0 Å². The molecule has 0 fully saturated rings. The number of anilines is 1. The smallest absolute Gasteiger partial charge is 0.145 e. The second-order valence-corrected chi connectivity index (χ2v) is 4.73. The molecule has 16 heavy (non-hydrogen) atoms. The summed E-state index contributed by atoms with van der Waals surface area (Å²) in [7, 11) is 0. The molecule has 0 radical (unpaired) electrons. The highest BCUT2D eigenvalue weighted by Crippen LogP contribution is 2.26. The predicted octanol–water partition coefficient (Wildman–Crippen LogP) is 2.82. The number of nitrogens with two attached hydrogens (primary N) is 1. The molecular weight excluding hydrogens is 324 g/mol. The lowest BCUT2D eigenvalue weighted by Crippen LogP contribution is -2.12. The maximum absolute atomic E-state index is 13.2. The normalized spacial score (nSPS) is 10.8. The standard InChI is InChI=1S/C11H15FINO2/c1-7(2)15-3-4-16-11-5-8(12)9(13)6-10(11)14/h5-7H,3-4,14H2,1-2H3. The van der Waals surface area contributed by atoms with Crippen molar-refractivity contribution in [1.29, 1.82) is 0 Å². The number of halogens is 2. The van der Waals surface area contributed by atoms with Gasteiger partial charge in [0.15, 0.2) is 0 Å². The van der Waals surface area contributed by atoms with Gasteiger partial charge in [0.05, 0.1) is 22.0 Å². The van der Waals surface area contributed by atoms with Gasteiger partial charge in [-0.05, 0) is 42.5 Å². The maximum atomic E-state index is 13.2. The van der Waals surface area contributed by atoms with Crippen LogP contribution in [0.2, 0.25) is 0 Å². The highest BCUT2D eigenvalue weighted by atomic mass is 127. The van der Waals surface area contributed by atoms with Crippen LogP contribution < -0.4 is 10.5 Å². The molecule has 0 spiro atoms. The molecule has 0 saturated carbocycles. The van der Waals surface area contributed by atoms with Crippen molar-refractivity contribution in [2.75, 3.05) is 18.9 Å². The van der Waals surface area contributed by atoms with E-state index < -0.39 is 0 Å². The average Bonchev–Trinajstić information content (AvgIpc) is 2.19. The molecule has 0 atom stereocenters. The molecule has 1 aromatic carbocycles. The fraction of sp³-hybridized carbons (Fsp3) is 0.455. The Labute approximate surface area is 108 Å². The zero-order chi connectivity index (χ0) is 12.1. The van der Waals surface area contributed by atoms with Gasteiger partial charge >= 0.3 is 0 Å². The molecule has 1 aromatic rings. The van der Waals surface area contributed by atoms with Gasteiger partial charge in [0, 0.05) is 6.07 Å². The van der Waals surface area contributed by atoms with E-state index in [-0.39, 0.29) is 11.9 Å². The molecule has 0 amide bonds. The Morgan fingerprint density at radius 3 is 2.69 bits per heavy atom. The predicted molar refractivity (Wildman–Crippen MR) is 70.1 cm³/mol. The lowest BCUT2D eigenvalue weighted by molar-refractivity contribution is 0.0553. The van der Waals surface area contributed by atoms with Crippen LogP contribution in [-0.4, -0.2) is 19.3 Å². The summed E-state index contributed by atoms with van der Waals surface area (Å²) in [5, 5.41) is 0. The number of ether oxygens (including phenoxy) is 2. The number of benzene rings is 1. The van der Waals surface area contributed by atoms with Crippen LogP contribution in [0.1, 0.15) is 13.8 Å². The first-order valence-electron chi connectivity index (χ1n) is 4.99. The largest absolute Gasteiger partial charge is 0.489 e. The van der Waals surface area contributed by atoms with Crippen LogP contribution in [-0.2, 0) is 4.74 Å². The first-order valence-corrected chi connectivity index (χ1v) is 6.07. The van der Waals surface area contributed by atoms with E-state index in [9.17, 15) is 4.39 Å². The van der Waals surface area contributed by atoms with E-state index in [2.05, 4.69) is 0 Å². The van der Waals surface area contributed by atoms with Gasteiger partial charge in [-0.15, -0.1) is 0 Å². The fourth-order valence-electron chi connectivity index (χ4n) is 1.10. The van der Waals surface area contributed by atoms with E-state index in [0.29, 0.717) is 28.2 Å². The zero-order valence-corrected chi connectivity index (χ0v) is 11.5. The molecule has 0 saturated heterocycles. The first kappa shape index (κ1) is 13.5. The molecular formula is C11H15FINO2. The molecule has 90 valence electrons. The van der Waals surface area contributed by atoms with Gasteiger partial charge in [-0.1, -0.05) is 0 Å². The van der Waals surface area contributed by atoms with Gasteiger partial charge in [-0.3, -0.25) is 0 Å². The van der Waals surface area contributed by atoms with E-state index >= 15 is 0 Å².